The topological polar surface area (TPSA) is 121 Å². The SMILES string of the molecule is NC(=O)c1nc[nH]c1C(=O)NC1CCC2(CC1)CCN(c1ccc(F)cc1Cl)C2=O. The van der Waals surface area contributed by atoms with Crippen molar-refractivity contribution in [2.45, 2.75) is 38.1 Å². The summed E-state index contributed by atoms with van der Waals surface area (Å²) in [6, 6.07) is 3.91. The zero-order valence-corrected chi connectivity index (χ0v) is 16.8. The van der Waals surface area contributed by atoms with Crippen LogP contribution in [0, 0.1) is 11.2 Å². The largest absolute Gasteiger partial charge is 0.364 e. The van der Waals surface area contributed by atoms with Gasteiger partial charge in [-0.05, 0) is 50.3 Å². The van der Waals surface area contributed by atoms with E-state index in [0.29, 0.717) is 44.3 Å². The highest BCUT2D eigenvalue weighted by atomic mass is 35.5. The van der Waals surface area contributed by atoms with Crippen molar-refractivity contribution in [3.8, 4) is 0 Å². The Morgan fingerprint density at radius 2 is 2.03 bits per heavy atom. The second-order valence-corrected chi connectivity index (χ2v) is 8.23. The van der Waals surface area contributed by atoms with Crippen molar-refractivity contribution >= 4 is 35.0 Å². The smallest absolute Gasteiger partial charge is 0.270 e. The molecule has 0 bridgehead atoms. The van der Waals surface area contributed by atoms with E-state index in [4.69, 9.17) is 17.3 Å². The van der Waals surface area contributed by atoms with Crippen LogP contribution in [0.1, 0.15) is 53.1 Å². The number of hydrogen-bond acceptors (Lipinski definition) is 4. The highest BCUT2D eigenvalue weighted by Gasteiger charge is 2.49. The summed E-state index contributed by atoms with van der Waals surface area (Å²) in [5.41, 5.74) is 5.20. The van der Waals surface area contributed by atoms with Crippen molar-refractivity contribution in [3.05, 3.63) is 46.8 Å². The van der Waals surface area contributed by atoms with E-state index in [0.717, 1.165) is 0 Å². The molecule has 0 unspecified atom stereocenters. The molecule has 2 aliphatic rings. The summed E-state index contributed by atoms with van der Waals surface area (Å²) >= 11 is 6.14. The zero-order valence-electron chi connectivity index (χ0n) is 16.1. The first-order valence-electron chi connectivity index (χ1n) is 9.72. The third kappa shape index (κ3) is 3.54. The number of amides is 3. The second-order valence-electron chi connectivity index (χ2n) is 7.82. The molecule has 158 valence electrons. The minimum atomic E-state index is -0.778. The van der Waals surface area contributed by atoms with Crippen LogP contribution >= 0.6 is 11.6 Å². The van der Waals surface area contributed by atoms with Gasteiger partial charge in [0, 0.05) is 12.6 Å². The molecule has 8 nitrogen and oxygen atoms in total. The Kier molecular flexibility index (Phi) is 5.23. The number of nitrogens with one attached hydrogen (secondary N) is 2. The number of anilines is 1. The summed E-state index contributed by atoms with van der Waals surface area (Å²) in [6.45, 7) is 0.525. The van der Waals surface area contributed by atoms with E-state index in [-0.39, 0.29) is 28.4 Å². The summed E-state index contributed by atoms with van der Waals surface area (Å²) in [4.78, 5) is 45.1. The monoisotopic (exact) mass is 433 g/mol. The Labute approximate surface area is 177 Å². The number of nitrogens with two attached hydrogens (primary N) is 1. The molecule has 1 aromatic heterocycles. The lowest BCUT2D eigenvalue weighted by atomic mass is 9.71. The normalized spacial score (nSPS) is 23.7. The number of aromatic amines is 1. The molecule has 0 radical (unpaired) electrons. The lowest BCUT2D eigenvalue weighted by Gasteiger charge is -2.36. The van der Waals surface area contributed by atoms with Gasteiger partial charge in [0.1, 0.15) is 11.5 Å². The Morgan fingerprint density at radius 1 is 1.30 bits per heavy atom. The fraction of sp³-hybridized carbons (Fsp3) is 0.400. The van der Waals surface area contributed by atoms with Crippen LogP contribution in [0.15, 0.2) is 24.5 Å². The number of benzene rings is 1. The summed E-state index contributed by atoms with van der Waals surface area (Å²) in [5.74, 6) is -1.68. The summed E-state index contributed by atoms with van der Waals surface area (Å²) < 4.78 is 13.3. The van der Waals surface area contributed by atoms with Crippen LogP contribution in [-0.4, -0.2) is 40.3 Å². The Bertz CT molecular complexity index is 1020. The van der Waals surface area contributed by atoms with E-state index in [9.17, 15) is 18.8 Å². The molecule has 4 rings (SSSR count). The number of H-pyrrole nitrogens is 1. The third-order valence-electron chi connectivity index (χ3n) is 6.09. The highest BCUT2D eigenvalue weighted by molar-refractivity contribution is 6.34. The predicted molar refractivity (Wildman–Crippen MR) is 108 cm³/mol. The third-order valence-corrected chi connectivity index (χ3v) is 6.39. The fourth-order valence-corrected chi connectivity index (χ4v) is 4.71. The van der Waals surface area contributed by atoms with Crippen LogP contribution in [0.5, 0.6) is 0 Å². The van der Waals surface area contributed by atoms with Gasteiger partial charge in [0.15, 0.2) is 5.69 Å². The van der Waals surface area contributed by atoms with Gasteiger partial charge >= 0.3 is 0 Å². The lowest BCUT2D eigenvalue weighted by Crippen LogP contribution is -2.44. The van der Waals surface area contributed by atoms with E-state index in [1.807, 2.05) is 0 Å². The van der Waals surface area contributed by atoms with Gasteiger partial charge in [0.05, 0.1) is 22.5 Å². The maximum atomic E-state index is 13.3. The fourth-order valence-electron chi connectivity index (χ4n) is 4.44. The average Bonchev–Trinajstić information content (AvgIpc) is 3.31. The molecule has 10 heteroatoms. The van der Waals surface area contributed by atoms with E-state index >= 15 is 0 Å². The number of halogens is 2. The van der Waals surface area contributed by atoms with Gasteiger partial charge in [-0.25, -0.2) is 9.37 Å². The van der Waals surface area contributed by atoms with Gasteiger partial charge in [0.25, 0.3) is 11.8 Å². The Hall–Kier alpha value is -2.94. The molecule has 1 aliphatic carbocycles. The van der Waals surface area contributed by atoms with Crippen molar-refractivity contribution in [2.24, 2.45) is 11.1 Å². The lowest BCUT2D eigenvalue weighted by molar-refractivity contribution is -0.127. The molecule has 2 aromatic rings. The van der Waals surface area contributed by atoms with Crippen LogP contribution in [0.4, 0.5) is 10.1 Å². The first-order chi connectivity index (χ1) is 14.3. The van der Waals surface area contributed by atoms with Crippen LogP contribution in [-0.2, 0) is 4.79 Å². The van der Waals surface area contributed by atoms with E-state index in [1.54, 1.807) is 4.90 Å². The molecule has 1 saturated heterocycles. The molecule has 1 spiro atoms. The van der Waals surface area contributed by atoms with Gasteiger partial charge in [-0.3, -0.25) is 14.4 Å². The van der Waals surface area contributed by atoms with Crippen molar-refractivity contribution in [3.63, 3.8) is 0 Å². The molecule has 1 saturated carbocycles. The van der Waals surface area contributed by atoms with Crippen molar-refractivity contribution in [1.82, 2.24) is 15.3 Å². The van der Waals surface area contributed by atoms with E-state index in [2.05, 4.69) is 15.3 Å². The van der Waals surface area contributed by atoms with E-state index < -0.39 is 23.0 Å². The second kappa shape index (κ2) is 7.71. The maximum Gasteiger partial charge on any atom is 0.270 e. The zero-order chi connectivity index (χ0) is 21.5. The van der Waals surface area contributed by atoms with Gasteiger partial charge < -0.3 is 20.9 Å². The minimum Gasteiger partial charge on any atom is -0.364 e. The first-order valence-corrected chi connectivity index (χ1v) is 10.1. The molecule has 2 heterocycles. The molecular formula is C20H21ClFN5O3. The molecular weight excluding hydrogens is 413 g/mol. The molecule has 0 atom stereocenters. The predicted octanol–water partition coefficient (Wildman–Crippen LogP) is 2.40. The highest BCUT2D eigenvalue weighted by Crippen LogP contribution is 2.47. The van der Waals surface area contributed by atoms with Crippen LogP contribution in [0.2, 0.25) is 5.02 Å². The molecule has 3 amide bonds. The number of primary amides is 1. The van der Waals surface area contributed by atoms with Crippen molar-refractivity contribution in [1.29, 1.82) is 0 Å². The molecule has 1 aromatic carbocycles. The number of carbonyl (C=O) groups excluding carboxylic acids is 3. The van der Waals surface area contributed by atoms with Crippen LogP contribution < -0.4 is 16.0 Å². The quantitative estimate of drug-likeness (QED) is 0.685. The Balaban J connectivity index is 1.40. The summed E-state index contributed by atoms with van der Waals surface area (Å²) in [6.07, 6.45) is 4.43. The van der Waals surface area contributed by atoms with Crippen molar-refractivity contribution < 1.29 is 18.8 Å². The number of carbonyl (C=O) groups is 3. The van der Waals surface area contributed by atoms with Crippen molar-refractivity contribution in [2.75, 3.05) is 11.4 Å². The maximum absolute atomic E-state index is 13.3. The minimum absolute atomic E-state index is 0.00892. The van der Waals surface area contributed by atoms with Gasteiger partial charge in [0.2, 0.25) is 5.91 Å². The number of imidazole rings is 1. The van der Waals surface area contributed by atoms with Crippen LogP contribution in [0.25, 0.3) is 0 Å². The molecule has 30 heavy (non-hydrogen) atoms. The Morgan fingerprint density at radius 3 is 2.70 bits per heavy atom. The first kappa shape index (κ1) is 20.3. The number of hydrogen-bond donors (Lipinski definition) is 3. The molecule has 2 fully saturated rings. The standard InChI is InChI=1S/C20H21ClFN5O3/c21-13-9-11(22)1-2-14(13)27-8-7-20(19(27)30)5-3-12(4-6-20)26-18(29)16-15(17(23)28)24-10-25-16/h1-2,9-10,12H,3-8H2,(H2,23,28)(H,24,25)(H,26,29). The number of aromatic nitrogens is 2. The average molecular weight is 434 g/mol. The summed E-state index contributed by atoms with van der Waals surface area (Å²) in [5, 5.41) is 3.10. The number of rotatable bonds is 4. The van der Waals surface area contributed by atoms with Gasteiger partial charge in [-0.2, -0.15) is 0 Å². The van der Waals surface area contributed by atoms with E-state index in [1.165, 1.54) is 24.5 Å². The molecule has 4 N–H and O–H groups in total. The van der Waals surface area contributed by atoms with Gasteiger partial charge in [-0.15, -0.1) is 0 Å². The van der Waals surface area contributed by atoms with Gasteiger partial charge in [-0.1, -0.05) is 11.6 Å². The van der Waals surface area contributed by atoms with Crippen LogP contribution in [0.3, 0.4) is 0 Å². The summed E-state index contributed by atoms with van der Waals surface area (Å²) in [7, 11) is 0. The molecule has 1 aliphatic heterocycles. The number of nitrogens with zero attached hydrogens (tertiary/aromatic N) is 2.